The van der Waals surface area contributed by atoms with Crippen molar-refractivity contribution in [2.24, 2.45) is 0 Å². The summed E-state index contributed by atoms with van der Waals surface area (Å²) in [5.74, 6) is -0.274. The number of rotatable bonds is 9. The highest BCUT2D eigenvalue weighted by atomic mass is 32.2. The third-order valence-corrected chi connectivity index (χ3v) is 5.09. The fourth-order valence-corrected chi connectivity index (χ4v) is 3.15. The van der Waals surface area contributed by atoms with Crippen LogP contribution in [0.4, 0.5) is 0 Å². The molecule has 1 rings (SSSR count). The Kier molecular flexibility index (Phi) is 7.42. The molecule has 0 aliphatic rings. The maximum atomic E-state index is 12.4. The summed E-state index contributed by atoms with van der Waals surface area (Å²) in [5, 5.41) is 11.7. The quantitative estimate of drug-likeness (QED) is 0.675. The molecule has 1 aromatic carbocycles. The van der Waals surface area contributed by atoms with Crippen molar-refractivity contribution in [1.82, 2.24) is 5.32 Å². The number of thioether (sulfide) groups is 1. The van der Waals surface area contributed by atoms with E-state index in [0.717, 1.165) is 10.6 Å². The predicted octanol–water partition coefficient (Wildman–Crippen LogP) is 3.33. The molecular weight excluding hydrogens is 314 g/mol. The van der Waals surface area contributed by atoms with Crippen molar-refractivity contribution < 1.29 is 19.4 Å². The zero-order valence-corrected chi connectivity index (χ0v) is 14.9. The number of hydrogen-bond acceptors (Lipinski definition) is 4. The van der Waals surface area contributed by atoms with Crippen LogP contribution in [-0.2, 0) is 9.59 Å². The van der Waals surface area contributed by atoms with E-state index in [1.165, 1.54) is 11.8 Å². The van der Waals surface area contributed by atoms with Gasteiger partial charge >= 0.3 is 5.97 Å². The number of carbonyl (C=O) groups is 2. The van der Waals surface area contributed by atoms with Gasteiger partial charge in [-0.05, 0) is 44.0 Å². The number of carboxylic acid groups (broad SMARTS) is 1. The van der Waals surface area contributed by atoms with Gasteiger partial charge in [0, 0.05) is 10.4 Å². The Balaban J connectivity index is 2.72. The molecule has 0 bridgehead atoms. The summed E-state index contributed by atoms with van der Waals surface area (Å²) in [6, 6.07) is 7.49. The number of aliphatic carboxylic acids is 1. The minimum absolute atomic E-state index is 0.0638. The van der Waals surface area contributed by atoms with Gasteiger partial charge < -0.3 is 15.2 Å². The van der Waals surface area contributed by atoms with Crippen LogP contribution in [0, 0.1) is 0 Å². The molecule has 128 valence electrons. The summed E-state index contributed by atoms with van der Waals surface area (Å²) in [7, 11) is 1.61. The SMILES string of the molecule is CCC(CC)(CC(=O)O)NC(=O)C(C)Sc1ccc(OC)cc1. The molecule has 1 atom stereocenters. The number of benzene rings is 1. The van der Waals surface area contributed by atoms with Gasteiger partial charge in [0.2, 0.25) is 5.91 Å². The molecule has 1 unspecified atom stereocenters. The van der Waals surface area contributed by atoms with Gasteiger partial charge in [0.05, 0.1) is 18.8 Å². The van der Waals surface area contributed by atoms with Crippen LogP contribution in [0.15, 0.2) is 29.2 Å². The number of amides is 1. The molecule has 0 radical (unpaired) electrons. The molecule has 2 N–H and O–H groups in total. The van der Waals surface area contributed by atoms with E-state index in [1.54, 1.807) is 7.11 Å². The van der Waals surface area contributed by atoms with Crippen molar-refractivity contribution in [3.05, 3.63) is 24.3 Å². The second kappa shape index (κ2) is 8.82. The van der Waals surface area contributed by atoms with Gasteiger partial charge in [-0.1, -0.05) is 13.8 Å². The molecule has 0 aromatic heterocycles. The lowest BCUT2D eigenvalue weighted by Crippen LogP contribution is -2.51. The minimum Gasteiger partial charge on any atom is -0.497 e. The lowest BCUT2D eigenvalue weighted by molar-refractivity contribution is -0.139. The average molecular weight is 339 g/mol. The Labute approximate surface area is 141 Å². The predicted molar refractivity (Wildman–Crippen MR) is 92.0 cm³/mol. The van der Waals surface area contributed by atoms with Crippen molar-refractivity contribution in [3.8, 4) is 5.75 Å². The van der Waals surface area contributed by atoms with Crippen molar-refractivity contribution in [1.29, 1.82) is 0 Å². The van der Waals surface area contributed by atoms with E-state index in [0.29, 0.717) is 12.8 Å². The van der Waals surface area contributed by atoms with Gasteiger partial charge in [0.1, 0.15) is 5.75 Å². The first-order valence-electron chi connectivity index (χ1n) is 7.70. The van der Waals surface area contributed by atoms with Crippen LogP contribution >= 0.6 is 11.8 Å². The van der Waals surface area contributed by atoms with Crippen molar-refractivity contribution in [2.45, 2.75) is 55.7 Å². The van der Waals surface area contributed by atoms with Crippen LogP contribution in [0.1, 0.15) is 40.0 Å². The van der Waals surface area contributed by atoms with Crippen LogP contribution in [-0.4, -0.2) is 34.9 Å². The van der Waals surface area contributed by atoms with E-state index in [-0.39, 0.29) is 17.6 Å². The van der Waals surface area contributed by atoms with Crippen LogP contribution in [0.3, 0.4) is 0 Å². The second-order valence-electron chi connectivity index (χ2n) is 5.48. The largest absolute Gasteiger partial charge is 0.497 e. The monoisotopic (exact) mass is 339 g/mol. The van der Waals surface area contributed by atoms with E-state index >= 15 is 0 Å². The maximum absolute atomic E-state index is 12.4. The smallest absolute Gasteiger partial charge is 0.305 e. The molecule has 0 aliphatic carbocycles. The molecule has 5 nitrogen and oxygen atoms in total. The molecule has 0 heterocycles. The van der Waals surface area contributed by atoms with Gasteiger partial charge in [-0.2, -0.15) is 0 Å². The lowest BCUT2D eigenvalue weighted by Gasteiger charge is -2.32. The first-order valence-corrected chi connectivity index (χ1v) is 8.58. The maximum Gasteiger partial charge on any atom is 0.305 e. The van der Waals surface area contributed by atoms with E-state index < -0.39 is 11.5 Å². The topological polar surface area (TPSA) is 75.6 Å². The van der Waals surface area contributed by atoms with E-state index in [2.05, 4.69) is 5.32 Å². The Hall–Kier alpha value is -1.69. The lowest BCUT2D eigenvalue weighted by atomic mass is 9.89. The molecule has 1 amide bonds. The molecule has 0 fully saturated rings. The Bertz CT molecular complexity index is 526. The molecule has 0 spiro atoms. The Morgan fingerprint density at radius 1 is 1.26 bits per heavy atom. The Morgan fingerprint density at radius 2 is 1.83 bits per heavy atom. The summed E-state index contributed by atoms with van der Waals surface area (Å²) in [4.78, 5) is 24.5. The molecule has 0 aliphatic heterocycles. The summed E-state index contributed by atoms with van der Waals surface area (Å²) in [6.07, 6.45) is 1.11. The van der Waals surface area contributed by atoms with E-state index in [1.807, 2.05) is 45.0 Å². The Morgan fingerprint density at radius 3 is 2.26 bits per heavy atom. The molecule has 1 aromatic rings. The van der Waals surface area contributed by atoms with Crippen LogP contribution < -0.4 is 10.1 Å². The molecule has 23 heavy (non-hydrogen) atoms. The summed E-state index contributed by atoms with van der Waals surface area (Å²) >= 11 is 1.44. The zero-order valence-electron chi connectivity index (χ0n) is 14.1. The van der Waals surface area contributed by atoms with Gasteiger partial charge in [0.25, 0.3) is 0 Å². The summed E-state index contributed by atoms with van der Waals surface area (Å²) in [5.41, 5.74) is -0.683. The van der Waals surface area contributed by atoms with Crippen molar-refractivity contribution in [3.63, 3.8) is 0 Å². The van der Waals surface area contributed by atoms with Gasteiger partial charge in [-0.3, -0.25) is 9.59 Å². The highest BCUT2D eigenvalue weighted by molar-refractivity contribution is 8.00. The fourth-order valence-electron chi connectivity index (χ4n) is 2.29. The summed E-state index contributed by atoms with van der Waals surface area (Å²) < 4.78 is 5.11. The highest BCUT2D eigenvalue weighted by Gasteiger charge is 2.32. The summed E-state index contributed by atoms with van der Waals surface area (Å²) in [6.45, 7) is 5.61. The molecule has 6 heteroatoms. The fraction of sp³-hybridized carbons (Fsp3) is 0.529. The molecular formula is C17H25NO4S. The number of methoxy groups -OCH3 is 1. The van der Waals surface area contributed by atoms with Gasteiger partial charge in [-0.25, -0.2) is 0 Å². The van der Waals surface area contributed by atoms with Crippen molar-refractivity contribution >= 4 is 23.6 Å². The van der Waals surface area contributed by atoms with Gasteiger partial charge in [0.15, 0.2) is 0 Å². The zero-order chi connectivity index (χ0) is 17.5. The molecule has 0 saturated heterocycles. The number of carbonyl (C=O) groups excluding carboxylic acids is 1. The highest BCUT2D eigenvalue weighted by Crippen LogP contribution is 2.27. The number of nitrogens with one attached hydrogen (secondary N) is 1. The van der Waals surface area contributed by atoms with E-state index in [9.17, 15) is 9.59 Å². The first-order chi connectivity index (χ1) is 10.9. The number of ether oxygens (including phenoxy) is 1. The first kappa shape index (κ1) is 19.4. The standard InChI is InChI=1S/C17H25NO4S/c1-5-17(6-2,11-15(19)20)18-16(21)12(3)23-14-9-7-13(22-4)8-10-14/h7-10,12H,5-6,11H2,1-4H3,(H,18,21)(H,19,20). The minimum atomic E-state index is -0.899. The van der Waals surface area contributed by atoms with Crippen LogP contribution in [0.25, 0.3) is 0 Å². The van der Waals surface area contributed by atoms with Crippen LogP contribution in [0.5, 0.6) is 5.75 Å². The number of carboxylic acids is 1. The third kappa shape index (κ3) is 5.78. The van der Waals surface area contributed by atoms with Gasteiger partial charge in [-0.15, -0.1) is 11.8 Å². The van der Waals surface area contributed by atoms with Crippen LogP contribution in [0.2, 0.25) is 0 Å². The molecule has 0 saturated carbocycles. The number of hydrogen-bond donors (Lipinski definition) is 2. The van der Waals surface area contributed by atoms with Crippen molar-refractivity contribution in [2.75, 3.05) is 7.11 Å². The normalized spacial score (nSPS) is 12.5. The van der Waals surface area contributed by atoms with E-state index in [4.69, 9.17) is 9.84 Å². The second-order valence-corrected chi connectivity index (χ2v) is 6.90. The average Bonchev–Trinajstić information content (AvgIpc) is 2.54. The third-order valence-electron chi connectivity index (χ3n) is 3.97.